The lowest BCUT2D eigenvalue weighted by molar-refractivity contribution is -0.116. The van der Waals surface area contributed by atoms with Gasteiger partial charge in [0.1, 0.15) is 6.61 Å². The minimum Gasteiger partial charge on any atom is -0.493 e. The molecule has 0 atom stereocenters. The fourth-order valence-corrected chi connectivity index (χ4v) is 3.41. The maximum atomic E-state index is 12.2. The van der Waals surface area contributed by atoms with Crippen LogP contribution in [0.4, 0.5) is 0 Å². The Hall–Kier alpha value is -3.73. The molecule has 3 rings (SSSR count). The van der Waals surface area contributed by atoms with Crippen LogP contribution in [-0.2, 0) is 17.8 Å². The Balaban J connectivity index is 1.53. The van der Waals surface area contributed by atoms with Gasteiger partial charge in [-0.2, -0.15) is 0 Å². The molecule has 0 heterocycles. The molecule has 33 heavy (non-hydrogen) atoms. The van der Waals surface area contributed by atoms with Crippen LogP contribution in [-0.4, -0.2) is 26.7 Å². The second-order valence-corrected chi connectivity index (χ2v) is 7.60. The maximum Gasteiger partial charge on any atom is 0.243 e. The van der Waals surface area contributed by atoms with Crippen molar-refractivity contribution in [2.75, 3.05) is 20.8 Å². The number of methoxy groups -OCH3 is 2. The van der Waals surface area contributed by atoms with Crippen LogP contribution >= 0.6 is 0 Å². The van der Waals surface area contributed by atoms with E-state index < -0.39 is 0 Å². The number of unbranched alkanes of at least 4 members (excludes halogenated alkanes) is 1. The van der Waals surface area contributed by atoms with E-state index in [-0.39, 0.29) is 5.91 Å². The third kappa shape index (κ3) is 7.72. The van der Waals surface area contributed by atoms with Crippen molar-refractivity contribution in [2.45, 2.75) is 25.9 Å². The molecule has 172 valence electrons. The van der Waals surface area contributed by atoms with Gasteiger partial charge in [0.15, 0.2) is 11.5 Å². The minimum atomic E-state index is -0.128. The molecule has 1 N–H and O–H groups in total. The molecule has 0 aliphatic carbocycles. The summed E-state index contributed by atoms with van der Waals surface area (Å²) in [7, 11) is 3.17. The van der Waals surface area contributed by atoms with Crippen LogP contribution in [0.15, 0.2) is 78.9 Å². The smallest absolute Gasteiger partial charge is 0.243 e. The molecule has 0 radical (unpaired) electrons. The number of rotatable bonds is 12. The normalized spacial score (nSPS) is 10.7. The van der Waals surface area contributed by atoms with E-state index in [9.17, 15) is 4.79 Å². The predicted molar refractivity (Wildman–Crippen MR) is 132 cm³/mol. The van der Waals surface area contributed by atoms with Crippen molar-refractivity contribution >= 4 is 12.0 Å². The minimum absolute atomic E-state index is 0.128. The number of aryl methyl sites for hydroxylation is 1. The molecule has 0 fully saturated rings. The summed E-state index contributed by atoms with van der Waals surface area (Å²) in [6.45, 7) is 1.05. The average Bonchev–Trinajstić information content (AvgIpc) is 2.87. The van der Waals surface area contributed by atoms with Crippen LogP contribution < -0.4 is 19.5 Å². The van der Waals surface area contributed by atoms with E-state index in [1.807, 2.05) is 60.7 Å². The lowest BCUT2D eigenvalue weighted by atomic mass is 10.1. The second kappa shape index (κ2) is 13.0. The van der Waals surface area contributed by atoms with Gasteiger partial charge < -0.3 is 19.5 Å². The maximum absolute atomic E-state index is 12.2. The number of hydrogen-bond donors (Lipinski definition) is 1. The lowest BCUT2D eigenvalue weighted by Gasteiger charge is -2.15. The molecule has 0 aliphatic rings. The van der Waals surface area contributed by atoms with Crippen molar-refractivity contribution in [1.82, 2.24) is 5.32 Å². The van der Waals surface area contributed by atoms with E-state index in [2.05, 4.69) is 17.4 Å². The van der Waals surface area contributed by atoms with Gasteiger partial charge in [0, 0.05) is 12.6 Å². The van der Waals surface area contributed by atoms with Gasteiger partial charge in [-0.1, -0.05) is 60.7 Å². The first-order chi connectivity index (χ1) is 16.2. The first-order valence-electron chi connectivity index (χ1n) is 11.1. The van der Waals surface area contributed by atoms with Crippen LogP contribution in [0, 0.1) is 0 Å². The molecule has 0 saturated heterocycles. The number of ether oxygens (including phenoxy) is 3. The van der Waals surface area contributed by atoms with Gasteiger partial charge in [-0.25, -0.2) is 0 Å². The Bertz CT molecular complexity index is 1010. The molecule has 0 aromatic heterocycles. The summed E-state index contributed by atoms with van der Waals surface area (Å²) in [5, 5.41) is 2.93. The monoisotopic (exact) mass is 445 g/mol. The molecule has 3 aromatic rings. The summed E-state index contributed by atoms with van der Waals surface area (Å²) in [4.78, 5) is 12.2. The highest BCUT2D eigenvalue weighted by molar-refractivity contribution is 5.91. The molecule has 5 heteroatoms. The van der Waals surface area contributed by atoms with Crippen molar-refractivity contribution in [3.8, 4) is 17.2 Å². The number of hydrogen-bond acceptors (Lipinski definition) is 4. The Kier molecular flexibility index (Phi) is 9.40. The first-order valence-corrected chi connectivity index (χ1v) is 11.1. The van der Waals surface area contributed by atoms with Crippen molar-refractivity contribution < 1.29 is 19.0 Å². The van der Waals surface area contributed by atoms with Crippen molar-refractivity contribution in [2.24, 2.45) is 0 Å². The van der Waals surface area contributed by atoms with Gasteiger partial charge >= 0.3 is 0 Å². The SMILES string of the molecule is COc1cc(/C=C/C(=O)NCCCCc2ccccc2)cc(OC)c1OCc1ccccc1. The van der Waals surface area contributed by atoms with Gasteiger partial charge in [-0.3, -0.25) is 4.79 Å². The van der Waals surface area contributed by atoms with E-state index >= 15 is 0 Å². The lowest BCUT2D eigenvalue weighted by Crippen LogP contribution is -2.22. The second-order valence-electron chi connectivity index (χ2n) is 7.60. The number of amides is 1. The molecule has 0 saturated carbocycles. The van der Waals surface area contributed by atoms with E-state index in [0.717, 1.165) is 30.4 Å². The third-order valence-corrected chi connectivity index (χ3v) is 5.17. The Labute approximate surface area is 196 Å². The summed E-state index contributed by atoms with van der Waals surface area (Å²) in [6.07, 6.45) is 6.25. The molecule has 0 unspecified atom stereocenters. The molecule has 0 bridgehead atoms. The predicted octanol–water partition coefficient (Wildman–Crippen LogP) is 5.44. The van der Waals surface area contributed by atoms with E-state index in [0.29, 0.717) is 30.4 Å². The number of nitrogens with one attached hydrogen (secondary N) is 1. The summed E-state index contributed by atoms with van der Waals surface area (Å²) in [5.74, 6) is 1.50. The quantitative estimate of drug-likeness (QED) is 0.298. The first kappa shape index (κ1) is 23.9. The molecular weight excluding hydrogens is 414 g/mol. The van der Waals surface area contributed by atoms with Crippen LogP contribution in [0.25, 0.3) is 6.08 Å². The fourth-order valence-electron chi connectivity index (χ4n) is 3.41. The highest BCUT2D eigenvalue weighted by Crippen LogP contribution is 2.39. The molecule has 0 aliphatic heterocycles. The highest BCUT2D eigenvalue weighted by Gasteiger charge is 2.14. The molecule has 3 aromatic carbocycles. The Morgan fingerprint density at radius 2 is 1.45 bits per heavy atom. The van der Waals surface area contributed by atoms with Crippen LogP contribution in [0.1, 0.15) is 29.5 Å². The van der Waals surface area contributed by atoms with Crippen molar-refractivity contribution in [3.05, 3.63) is 95.6 Å². The standard InChI is InChI=1S/C28H31NO4/c1-31-25-19-24(20-26(32-2)28(25)33-21-23-14-7-4-8-15-23)16-17-27(30)29-18-10-9-13-22-11-5-3-6-12-22/h3-8,11-12,14-17,19-20H,9-10,13,18,21H2,1-2H3,(H,29,30)/b17-16+. The average molecular weight is 446 g/mol. The molecule has 5 nitrogen and oxygen atoms in total. The zero-order chi connectivity index (χ0) is 23.3. The topological polar surface area (TPSA) is 56.8 Å². The van der Waals surface area contributed by atoms with Gasteiger partial charge in [-0.05, 0) is 54.2 Å². The van der Waals surface area contributed by atoms with Crippen LogP contribution in [0.2, 0.25) is 0 Å². The number of benzene rings is 3. The highest BCUT2D eigenvalue weighted by atomic mass is 16.5. The van der Waals surface area contributed by atoms with E-state index in [4.69, 9.17) is 14.2 Å². The number of carbonyl (C=O) groups excluding carboxylic acids is 1. The zero-order valence-electron chi connectivity index (χ0n) is 19.3. The molecular formula is C28H31NO4. The summed E-state index contributed by atoms with van der Waals surface area (Å²) in [5.41, 5.74) is 3.16. The van der Waals surface area contributed by atoms with Gasteiger partial charge in [0.25, 0.3) is 0 Å². The summed E-state index contributed by atoms with van der Waals surface area (Å²) >= 11 is 0. The van der Waals surface area contributed by atoms with E-state index in [1.165, 1.54) is 11.6 Å². The zero-order valence-corrected chi connectivity index (χ0v) is 19.3. The van der Waals surface area contributed by atoms with E-state index in [1.54, 1.807) is 20.3 Å². The molecule has 0 spiro atoms. The van der Waals surface area contributed by atoms with Gasteiger partial charge in [-0.15, -0.1) is 0 Å². The summed E-state index contributed by atoms with van der Waals surface area (Å²) in [6, 6.07) is 23.9. The van der Waals surface area contributed by atoms with Crippen LogP contribution in [0.3, 0.4) is 0 Å². The van der Waals surface area contributed by atoms with Crippen LogP contribution in [0.5, 0.6) is 17.2 Å². The third-order valence-electron chi connectivity index (χ3n) is 5.17. The van der Waals surface area contributed by atoms with Crippen molar-refractivity contribution in [1.29, 1.82) is 0 Å². The molecule has 1 amide bonds. The fraction of sp³-hybridized carbons (Fsp3) is 0.250. The Morgan fingerprint density at radius 3 is 2.06 bits per heavy atom. The van der Waals surface area contributed by atoms with Gasteiger partial charge in [0.05, 0.1) is 14.2 Å². The number of carbonyl (C=O) groups is 1. The Morgan fingerprint density at radius 1 is 0.848 bits per heavy atom. The summed E-state index contributed by atoms with van der Waals surface area (Å²) < 4.78 is 17.0. The largest absolute Gasteiger partial charge is 0.493 e. The van der Waals surface area contributed by atoms with Crippen molar-refractivity contribution in [3.63, 3.8) is 0 Å². The van der Waals surface area contributed by atoms with Gasteiger partial charge in [0.2, 0.25) is 11.7 Å².